The van der Waals surface area contributed by atoms with Crippen LogP contribution in [-0.2, 0) is 23.7 Å². The summed E-state index contributed by atoms with van der Waals surface area (Å²) in [6.45, 7) is 5.38. The van der Waals surface area contributed by atoms with Gasteiger partial charge in [-0.05, 0) is 13.0 Å². The Bertz CT molecular complexity index is 201. The molecule has 0 saturated heterocycles. The second-order valence-electron chi connectivity index (χ2n) is 3.64. The van der Waals surface area contributed by atoms with Crippen LogP contribution in [-0.4, -0.2) is 65.8 Å². The molecule has 1 N–H and O–H groups in total. The first-order valence-corrected chi connectivity index (χ1v) is 6.21. The highest BCUT2D eigenvalue weighted by molar-refractivity contribution is 5.75. The number of rotatable bonds is 12. The Kier molecular flexibility index (Phi) is 12.3. The van der Waals surface area contributed by atoms with Crippen LogP contribution in [0.25, 0.3) is 0 Å². The summed E-state index contributed by atoms with van der Waals surface area (Å²) >= 11 is 0. The maximum absolute atomic E-state index is 11.4. The molecule has 0 rings (SSSR count). The molecule has 6 heteroatoms. The van der Waals surface area contributed by atoms with E-state index in [1.165, 1.54) is 7.11 Å². The summed E-state index contributed by atoms with van der Waals surface area (Å²) in [6, 6.07) is -0.297. The van der Waals surface area contributed by atoms with Gasteiger partial charge in [-0.1, -0.05) is 6.92 Å². The SMILES string of the molecule is CCNC(CCOCCOCCOC)C(=O)OC. The predicted molar refractivity (Wildman–Crippen MR) is 67.6 cm³/mol. The average molecular weight is 263 g/mol. The molecule has 0 aliphatic heterocycles. The Balaban J connectivity index is 3.46. The fraction of sp³-hybridized carbons (Fsp3) is 0.917. The van der Waals surface area contributed by atoms with Crippen LogP contribution in [0.4, 0.5) is 0 Å². The molecule has 0 aliphatic rings. The Morgan fingerprint density at radius 2 is 1.67 bits per heavy atom. The highest BCUT2D eigenvalue weighted by Crippen LogP contribution is 1.96. The first-order valence-electron chi connectivity index (χ1n) is 6.21. The Labute approximate surface area is 109 Å². The zero-order chi connectivity index (χ0) is 13.6. The van der Waals surface area contributed by atoms with Crippen molar-refractivity contribution in [1.82, 2.24) is 5.32 Å². The minimum absolute atomic E-state index is 0.253. The molecular formula is C12H25NO5. The average Bonchev–Trinajstić information content (AvgIpc) is 2.39. The summed E-state index contributed by atoms with van der Waals surface area (Å²) in [5.74, 6) is -0.253. The molecule has 0 spiro atoms. The molecule has 0 amide bonds. The summed E-state index contributed by atoms with van der Waals surface area (Å²) < 4.78 is 20.1. The minimum atomic E-state index is -0.297. The van der Waals surface area contributed by atoms with E-state index in [0.717, 1.165) is 6.54 Å². The van der Waals surface area contributed by atoms with Crippen LogP contribution in [0, 0.1) is 0 Å². The van der Waals surface area contributed by atoms with Gasteiger partial charge in [-0.3, -0.25) is 4.79 Å². The van der Waals surface area contributed by atoms with Crippen LogP contribution >= 0.6 is 0 Å². The second-order valence-corrected chi connectivity index (χ2v) is 3.64. The van der Waals surface area contributed by atoms with E-state index in [0.29, 0.717) is 39.5 Å². The molecule has 108 valence electrons. The maximum atomic E-state index is 11.4. The van der Waals surface area contributed by atoms with Gasteiger partial charge in [0.15, 0.2) is 0 Å². The normalized spacial score (nSPS) is 12.4. The highest BCUT2D eigenvalue weighted by Gasteiger charge is 2.16. The molecule has 0 aromatic rings. The monoisotopic (exact) mass is 263 g/mol. The number of nitrogens with one attached hydrogen (secondary N) is 1. The topological polar surface area (TPSA) is 66.0 Å². The Morgan fingerprint density at radius 1 is 1.06 bits per heavy atom. The number of likely N-dealkylation sites (N-methyl/N-ethyl adjacent to an activating group) is 1. The first kappa shape index (κ1) is 17.3. The molecule has 1 atom stereocenters. The van der Waals surface area contributed by atoms with Gasteiger partial charge >= 0.3 is 5.97 Å². The van der Waals surface area contributed by atoms with Crippen molar-refractivity contribution < 1.29 is 23.7 Å². The molecule has 0 aromatic heterocycles. The van der Waals surface area contributed by atoms with Crippen molar-refractivity contribution in [2.24, 2.45) is 0 Å². The third-order valence-electron chi connectivity index (χ3n) is 2.29. The number of hydrogen-bond donors (Lipinski definition) is 1. The van der Waals surface area contributed by atoms with Crippen molar-refractivity contribution in [3.63, 3.8) is 0 Å². The number of hydrogen-bond acceptors (Lipinski definition) is 6. The van der Waals surface area contributed by atoms with Crippen molar-refractivity contribution >= 4 is 5.97 Å². The molecular weight excluding hydrogens is 238 g/mol. The molecule has 1 unspecified atom stereocenters. The number of ether oxygens (including phenoxy) is 4. The van der Waals surface area contributed by atoms with Gasteiger partial charge in [-0.25, -0.2) is 0 Å². The Hall–Kier alpha value is -0.690. The lowest BCUT2D eigenvalue weighted by Crippen LogP contribution is -2.38. The van der Waals surface area contributed by atoms with Crippen LogP contribution in [0.3, 0.4) is 0 Å². The van der Waals surface area contributed by atoms with Gasteiger partial charge in [0.05, 0.1) is 33.5 Å². The van der Waals surface area contributed by atoms with Crippen molar-refractivity contribution in [3.05, 3.63) is 0 Å². The van der Waals surface area contributed by atoms with E-state index in [1.807, 2.05) is 6.92 Å². The minimum Gasteiger partial charge on any atom is -0.468 e. The van der Waals surface area contributed by atoms with E-state index in [4.69, 9.17) is 18.9 Å². The van der Waals surface area contributed by atoms with Crippen LogP contribution in [0.1, 0.15) is 13.3 Å². The van der Waals surface area contributed by atoms with Gasteiger partial charge in [0.2, 0.25) is 0 Å². The molecule has 0 heterocycles. The van der Waals surface area contributed by atoms with E-state index < -0.39 is 0 Å². The van der Waals surface area contributed by atoms with E-state index >= 15 is 0 Å². The molecule has 0 radical (unpaired) electrons. The summed E-state index contributed by atoms with van der Waals surface area (Å²) in [5.41, 5.74) is 0. The summed E-state index contributed by atoms with van der Waals surface area (Å²) in [5, 5.41) is 3.05. The van der Waals surface area contributed by atoms with Crippen LogP contribution in [0.15, 0.2) is 0 Å². The fourth-order valence-corrected chi connectivity index (χ4v) is 1.36. The molecule has 18 heavy (non-hydrogen) atoms. The van der Waals surface area contributed by atoms with E-state index in [1.54, 1.807) is 7.11 Å². The van der Waals surface area contributed by atoms with Gasteiger partial charge in [0.25, 0.3) is 0 Å². The third kappa shape index (κ3) is 9.35. The largest absolute Gasteiger partial charge is 0.468 e. The molecule has 0 aromatic carbocycles. The summed E-state index contributed by atoms with van der Waals surface area (Å²) in [7, 11) is 3.02. The maximum Gasteiger partial charge on any atom is 0.322 e. The van der Waals surface area contributed by atoms with Gasteiger partial charge < -0.3 is 24.3 Å². The van der Waals surface area contributed by atoms with Gasteiger partial charge in [0.1, 0.15) is 6.04 Å². The zero-order valence-electron chi connectivity index (χ0n) is 11.6. The smallest absolute Gasteiger partial charge is 0.322 e. The van der Waals surface area contributed by atoms with Crippen molar-refractivity contribution in [2.75, 3.05) is 53.8 Å². The lowest BCUT2D eigenvalue weighted by atomic mass is 10.2. The molecule has 0 saturated carbocycles. The molecule has 0 aliphatic carbocycles. The predicted octanol–water partition coefficient (Wildman–Crippen LogP) is 0.207. The van der Waals surface area contributed by atoms with Crippen molar-refractivity contribution in [2.45, 2.75) is 19.4 Å². The number of esters is 1. The highest BCUT2D eigenvalue weighted by atomic mass is 16.5. The summed E-state index contributed by atoms with van der Waals surface area (Å²) in [4.78, 5) is 11.4. The standard InChI is InChI=1S/C12H25NO5/c1-4-13-11(12(14)16-3)5-6-17-9-10-18-8-7-15-2/h11,13H,4-10H2,1-3H3. The van der Waals surface area contributed by atoms with Crippen LogP contribution in [0.5, 0.6) is 0 Å². The van der Waals surface area contributed by atoms with Crippen molar-refractivity contribution in [3.8, 4) is 0 Å². The Morgan fingerprint density at radius 3 is 2.22 bits per heavy atom. The fourth-order valence-electron chi connectivity index (χ4n) is 1.36. The molecule has 0 fully saturated rings. The third-order valence-corrected chi connectivity index (χ3v) is 2.29. The number of methoxy groups -OCH3 is 2. The number of carbonyl (C=O) groups excluding carboxylic acids is 1. The van der Waals surface area contributed by atoms with Gasteiger partial charge in [-0.2, -0.15) is 0 Å². The number of carbonyl (C=O) groups is 1. The molecule has 0 bridgehead atoms. The van der Waals surface area contributed by atoms with Crippen molar-refractivity contribution in [1.29, 1.82) is 0 Å². The zero-order valence-corrected chi connectivity index (χ0v) is 11.6. The van der Waals surface area contributed by atoms with Gasteiger partial charge in [-0.15, -0.1) is 0 Å². The first-order chi connectivity index (χ1) is 8.76. The second kappa shape index (κ2) is 12.8. The molecule has 6 nitrogen and oxygen atoms in total. The van der Waals surface area contributed by atoms with E-state index in [2.05, 4.69) is 5.32 Å². The lowest BCUT2D eigenvalue weighted by Gasteiger charge is -2.15. The van der Waals surface area contributed by atoms with Gasteiger partial charge in [0, 0.05) is 13.7 Å². The van der Waals surface area contributed by atoms with Crippen LogP contribution in [0.2, 0.25) is 0 Å². The van der Waals surface area contributed by atoms with E-state index in [9.17, 15) is 4.79 Å². The van der Waals surface area contributed by atoms with Crippen LogP contribution < -0.4 is 5.32 Å². The quantitative estimate of drug-likeness (QED) is 0.401. The van der Waals surface area contributed by atoms with E-state index in [-0.39, 0.29) is 12.0 Å². The lowest BCUT2D eigenvalue weighted by molar-refractivity contribution is -0.143. The summed E-state index contributed by atoms with van der Waals surface area (Å²) in [6.07, 6.45) is 0.596.